The Labute approximate surface area is 639 Å². The summed E-state index contributed by atoms with van der Waals surface area (Å²) in [5, 5.41) is 30.4. The number of carbonyl (C=O) groups excluding carboxylic acids is 13. The van der Waals surface area contributed by atoms with Crippen molar-refractivity contribution in [2.75, 3.05) is 71.6 Å². The summed E-state index contributed by atoms with van der Waals surface area (Å²) in [6, 6.07) is 43.6. The summed E-state index contributed by atoms with van der Waals surface area (Å²) in [5.74, 6) is 30.0. The monoisotopic (exact) mass is 1540 g/mol. The summed E-state index contributed by atoms with van der Waals surface area (Å²) in [5.41, 5.74) is 37.6. The Hall–Kier alpha value is -15.2. The van der Waals surface area contributed by atoms with E-state index in [1.165, 1.54) is 24.3 Å². The SMILES string of the molecule is Cc1ccc(NC(=O)NNC(=O)Nc2cc(NC(=O)NN)ccc2C)cc1NC(=O)NN.Cc1ccc(NC(=O)NNC(=O)Nc2cc(NC(=O)NN)ccc2C)cc1NC(=O)NN.NCC(=O)Cc1ccc(NC(=O)NCC(=O)Cc2ccccc2)cc1.NNC(=O)Nc1ccc(Cc2ccc(NC(=O)NN)cc2)cc1. The maximum absolute atomic E-state index is 12.1. The van der Waals surface area contributed by atoms with E-state index in [9.17, 15) is 62.3 Å². The van der Waals surface area contributed by atoms with Gasteiger partial charge >= 0.3 is 66.3 Å². The summed E-state index contributed by atoms with van der Waals surface area (Å²) < 4.78 is 0. The van der Waals surface area contributed by atoms with Crippen LogP contribution in [-0.4, -0.2) is 91.0 Å². The van der Waals surface area contributed by atoms with Gasteiger partial charge in [0.05, 0.1) is 13.1 Å². The van der Waals surface area contributed by atoms with Crippen molar-refractivity contribution in [2.24, 2.45) is 40.8 Å². The average Bonchev–Trinajstić information content (AvgIpc) is 0.882. The molecule has 590 valence electrons. The van der Waals surface area contributed by atoms with Crippen LogP contribution in [0.15, 0.2) is 176 Å². The van der Waals surface area contributed by atoms with Crippen molar-refractivity contribution >= 4 is 140 Å². The standard InChI is InChI=1S/C19H21N3O3.2C18H24N10O4.C15H18N6O2/c20-12-17(23)10-15-6-8-16(9-7-15)22-19(25)21-13-18(24)11-14-4-2-1-3-5-14;2*1-9-4-6-12(8-13(9)23-16(30)26-20)22-17(31)27-28-18(32)24-14-7-11(5-3-10(14)2)21-15(29)25-19;16-20-14(22)18-12-5-1-10(2-6-12)9-11-3-7-13(8-4-11)19-15(23)21-17/h1-9H,10-13,20H2,(H2,21,22,25);2*3-8H,19-20H2,1-2H3,(H2,21,25,29)(H2,22,27,31)(H2,23,26,30)(H2,24,28,32);1-8H,9,16-17H2,(H2,18,20,22)(H2,19,21,23). The van der Waals surface area contributed by atoms with Crippen LogP contribution in [-0.2, 0) is 28.9 Å². The van der Waals surface area contributed by atoms with E-state index in [4.69, 9.17) is 40.8 Å². The number of hydrazine groups is 8. The van der Waals surface area contributed by atoms with Gasteiger partial charge in [-0.3, -0.25) is 42.1 Å². The van der Waals surface area contributed by atoms with Crippen LogP contribution in [0, 0.1) is 27.7 Å². The molecule has 8 aromatic rings. The highest BCUT2D eigenvalue weighted by Gasteiger charge is 2.15. The number of hydrogen-bond acceptors (Lipinski definition) is 20. The van der Waals surface area contributed by atoms with Crippen LogP contribution >= 0.6 is 0 Å². The fourth-order valence-electron chi connectivity index (χ4n) is 9.08. The third kappa shape index (κ3) is 32.7. The molecular formula is C70H87N29O13. The first kappa shape index (κ1) is 87.4. The molecular weight excluding hydrogens is 1450 g/mol. The van der Waals surface area contributed by atoms with E-state index in [1.807, 2.05) is 87.2 Å². The van der Waals surface area contributed by atoms with Gasteiger partial charge in [0.25, 0.3) is 0 Å². The lowest BCUT2D eigenvalue weighted by molar-refractivity contribution is -0.118. The van der Waals surface area contributed by atoms with Gasteiger partial charge in [0, 0.05) is 75.4 Å². The minimum Gasteiger partial charge on any atom is -0.331 e. The number of ketones is 2. The molecule has 42 heteroatoms. The first-order chi connectivity index (χ1) is 53.6. The van der Waals surface area contributed by atoms with E-state index in [2.05, 4.69) is 85.5 Å². The molecule has 0 unspecified atom stereocenters. The normalized spacial score (nSPS) is 9.85. The van der Waals surface area contributed by atoms with E-state index in [1.54, 1.807) is 125 Å². The number of nitrogens with two attached hydrogens (primary N) is 7. The van der Waals surface area contributed by atoms with E-state index in [-0.39, 0.29) is 37.5 Å². The van der Waals surface area contributed by atoms with Crippen molar-refractivity contribution < 1.29 is 62.3 Å². The highest BCUT2D eigenvalue weighted by Crippen LogP contribution is 2.25. The molecule has 0 saturated carbocycles. The van der Waals surface area contributed by atoms with Crippen LogP contribution in [0.4, 0.5) is 115 Å². The Morgan fingerprint density at radius 2 is 0.500 bits per heavy atom. The van der Waals surface area contributed by atoms with Crippen LogP contribution in [0.1, 0.15) is 44.5 Å². The molecule has 0 atom stereocenters. The van der Waals surface area contributed by atoms with Crippen LogP contribution < -0.4 is 159 Å². The first-order valence-electron chi connectivity index (χ1n) is 33.1. The number of amides is 22. The second-order valence-electron chi connectivity index (χ2n) is 23.2. The van der Waals surface area contributed by atoms with Crippen molar-refractivity contribution in [3.63, 3.8) is 0 Å². The third-order valence-corrected chi connectivity index (χ3v) is 14.7. The predicted octanol–water partition coefficient (Wildman–Crippen LogP) is 5.26. The Balaban J connectivity index is 0.000000269. The molecule has 8 rings (SSSR count). The maximum atomic E-state index is 12.1. The summed E-state index contributed by atoms with van der Waals surface area (Å²) in [7, 11) is 0. The molecule has 0 radical (unpaired) electrons. The maximum Gasteiger partial charge on any atom is 0.337 e. The third-order valence-electron chi connectivity index (χ3n) is 14.7. The second-order valence-corrected chi connectivity index (χ2v) is 23.2. The van der Waals surface area contributed by atoms with Crippen molar-refractivity contribution in [3.05, 3.63) is 220 Å². The molecule has 112 heavy (non-hydrogen) atoms. The smallest absolute Gasteiger partial charge is 0.331 e. The second kappa shape index (κ2) is 46.0. The van der Waals surface area contributed by atoms with Gasteiger partial charge in [0.1, 0.15) is 0 Å². The van der Waals surface area contributed by atoms with Gasteiger partial charge in [-0.1, -0.05) is 91.0 Å². The zero-order valence-electron chi connectivity index (χ0n) is 60.6. The predicted molar refractivity (Wildman–Crippen MR) is 423 cm³/mol. The Bertz CT molecular complexity index is 4380. The molecule has 22 amide bonds. The molecule has 0 fully saturated rings. The van der Waals surface area contributed by atoms with Gasteiger partial charge in [-0.05, 0) is 164 Å². The number of anilines is 11. The van der Waals surface area contributed by atoms with Gasteiger partial charge in [0.2, 0.25) is 0 Å². The number of hydrogen-bond donors (Lipinski definition) is 29. The summed E-state index contributed by atoms with van der Waals surface area (Å²) in [4.78, 5) is 151. The van der Waals surface area contributed by atoms with Gasteiger partial charge in [-0.15, -0.1) is 0 Å². The fraction of sp³-hybridized carbons (Fsp3) is 0.129. The Morgan fingerprint density at radius 1 is 0.259 bits per heavy atom. The number of carbonyl (C=O) groups is 13. The summed E-state index contributed by atoms with van der Waals surface area (Å²) in [6.45, 7) is 6.99. The highest BCUT2D eigenvalue weighted by molar-refractivity contribution is 6.00. The lowest BCUT2D eigenvalue weighted by Gasteiger charge is -2.14. The lowest BCUT2D eigenvalue weighted by Crippen LogP contribution is -2.45. The number of aryl methyl sites for hydroxylation is 4. The zero-order valence-corrected chi connectivity index (χ0v) is 60.6. The minimum absolute atomic E-state index is 0.0133. The molecule has 8 aromatic carbocycles. The number of urea groups is 11. The van der Waals surface area contributed by atoms with Crippen molar-refractivity contribution in [1.29, 1.82) is 0 Å². The number of nitrogens with one attached hydrogen (secondary N) is 22. The van der Waals surface area contributed by atoms with E-state index < -0.39 is 66.3 Å². The van der Waals surface area contributed by atoms with Gasteiger partial charge in [-0.25, -0.2) is 109 Å². The summed E-state index contributed by atoms with van der Waals surface area (Å²) >= 11 is 0. The zero-order chi connectivity index (χ0) is 82.1. The molecule has 0 aliphatic heterocycles. The molecule has 42 nitrogen and oxygen atoms in total. The quantitative estimate of drug-likeness (QED) is 0.0263. The van der Waals surface area contributed by atoms with Crippen molar-refractivity contribution in [3.8, 4) is 0 Å². The van der Waals surface area contributed by atoms with E-state index in [0.29, 0.717) is 73.7 Å². The van der Waals surface area contributed by atoms with Gasteiger partial charge in [-0.2, -0.15) is 0 Å². The molecule has 0 spiro atoms. The molecule has 0 saturated heterocycles. The lowest BCUT2D eigenvalue weighted by atomic mass is 10.0. The van der Waals surface area contributed by atoms with E-state index in [0.717, 1.165) is 39.8 Å². The number of Topliss-reactive ketones (excluding diaryl/α,β-unsaturated/α-hetero) is 2. The van der Waals surface area contributed by atoms with Crippen molar-refractivity contribution in [2.45, 2.75) is 47.0 Å². The number of benzene rings is 8. The largest absolute Gasteiger partial charge is 0.337 e. The topological polar surface area (TPSA) is 669 Å². The molecule has 0 aliphatic carbocycles. The Kier molecular flexibility index (Phi) is 35.9. The van der Waals surface area contributed by atoms with Gasteiger partial charge in [0.15, 0.2) is 11.6 Å². The molecule has 0 bridgehead atoms. The van der Waals surface area contributed by atoms with Crippen LogP contribution in [0.25, 0.3) is 0 Å². The average molecular weight is 1540 g/mol. The Morgan fingerprint density at radius 3 is 0.812 bits per heavy atom. The van der Waals surface area contributed by atoms with E-state index >= 15 is 0 Å². The molecule has 0 heterocycles. The first-order valence-corrected chi connectivity index (χ1v) is 33.1. The number of rotatable bonds is 20. The van der Waals surface area contributed by atoms with Gasteiger partial charge < -0.3 is 69.5 Å². The fourth-order valence-corrected chi connectivity index (χ4v) is 9.08. The minimum atomic E-state index is -0.731. The summed E-state index contributed by atoms with van der Waals surface area (Å²) in [6.07, 6.45) is 1.29. The van der Waals surface area contributed by atoms with Crippen LogP contribution in [0.5, 0.6) is 0 Å². The van der Waals surface area contributed by atoms with Crippen molar-refractivity contribution in [1.82, 2.24) is 59.6 Å². The van der Waals surface area contributed by atoms with Crippen LogP contribution in [0.2, 0.25) is 0 Å². The molecule has 36 N–H and O–H groups in total. The van der Waals surface area contributed by atoms with Crippen LogP contribution in [0.3, 0.4) is 0 Å². The molecule has 0 aromatic heterocycles. The molecule has 0 aliphatic rings. The highest BCUT2D eigenvalue weighted by atomic mass is 16.2.